The first-order chi connectivity index (χ1) is 15.7. The van der Waals surface area contributed by atoms with Gasteiger partial charge in [0.25, 0.3) is 0 Å². The molecule has 6 nitrogen and oxygen atoms in total. The summed E-state index contributed by atoms with van der Waals surface area (Å²) in [7, 11) is 1.85. The molecule has 162 valence electrons. The molecule has 5 rings (SSSR count). The Balaban J connectivity index is 1.34. The minimum atomic E-state index is 0.106. The largest absolute Gasteiger partial charge is 0.369 e. The van der Waals surface area contributed by atoms with Crippen LogP contribution in [0, 0.1) is 0 Å². The van der Waals surface area contributed by atoms with Crippen molar-refractivity contribution in [3.8, 4) is 11.4 Å². The number of fused-ring (bicyclic) bond motifs is 3. The normalized spacial score (nSPS) is 12.7. The minimum Gasteiger partial charge on any atom is -0.369 e. The van der Waals surface area contributed by atoms with E-state index in [2.05, 4.69) is 10.3 Å². The molecule has 32 heavy (non-hydrogen) atoms. The van der Waals surface area contributed by atoms with Gasteiger partial charge in [-0.15, -0.1) is 11.3 Å². The number of amides is 1. The number of aromatic nitrogens is 3. The molecule has 7 heteroatoms. The smallest absolute Gasteiger partial charge is 0.224 e. The molecule has 0 fully saturated rings. The number of hydrogen-bond acceptors (Lipinski definition) is 6. The van der Waals surface area contributed by atoms with Crippen molar-refractivity contribution in [2.45, 2.75) is 32.2 Å². The van der Waals surface area contributed by atoms with Gasteiger partial charge in [0, 0.05) is 49.4 Å². The third-order valence-corrected chi connectivity index (χ3v) is 6.99. The number of aryl methyl sites for hydroxylation is 2. The summed E-state index contributed by atoms with van der Waals surface area (Å²) in [6.07, 6.45) is 7.30. The minimum absolute atomic E-state index is 0.106. The molecule has 0 saturated carbocycles. The summed E-state index contributed by atoms with van der Waals surface area (Å²) >= 11 is 1.77. The molecule has 1 aliphatic carbocycles. The van der Waals surface area contributed by atoms with Crippen LogP contribution in [0.25, 0.3) is 21.6 Å². The van der Waals surface area contributed by atoms with Crippen molar-refractivity contribution >= 4 is 33.3 Å². The second-order valence-electron chi connectivity index (χ2n) is 8.09. The first-order valence-electron chi connectivity index (χ1n) is 10.9. The number of anilines is 1. The van der Waals surface area contributed by atoms with Crippen molar-refractivity contribution in [2.24, 2.45) is 0 Å². The zero-order valence-corrected chi connectivity index (χ0v) is 18.9. The molecule has 1 N–H and O–H groups in total. The lowest BCUT2D eigenvalue weighted by Gasteiger charge is -2.18. The van der Waals surface area contributed by atoms with Crippen molar-refractivity contribution in [1.82, 2.24) is 19.9 Å². The van der Waals surface area contributed by atoms with Crippen LogP contribution in [0.15, 0.2) is 54.9 Å². The van der Waals surface area contributed by atoms with E-state index in [0.29, 0.717) is 25.3 Å². The van der Waals surface area contributed by atoms with Crippen LogP contribution in [0.4, 0.5) is 5.82 Å². The first kappa shape index (κ1) is 20.6. The SMILES string of the molecule is CN(Cc1ccccc1)C(=O)CCNc1nc(-c2cccnc2)nc2sc3c(c12)CCC3. The highest BCUT2D eigenvalue weighted by molar-refractivity contribution is 7.19. The molecule has 0 aliphatic heterocycles. The number of nitrogens with zero attached hydrogens (tertiary/aromatic N) is 4. The Hall–Kier alpha value is -3.32. The molecule has 4 aromatic rings. The van der Waals surface area contributed by atoms with Crippen LogP contribution < -0.4 is 5.32 Å². The molecular weight excluding hydrogens is 418 g/mol. The summed E-state index contributed by atoms with van der Waals surface area (Å²) in [4.78, 5) is 30.8. The Morgan fingerprint density at radius 3 is 2.81 bits per heavy atom. The van der Waals surface area contributed by atoms with Crippen LogP contribution in [-0.4, -0.2) is 39.4 Å². The molecule has 0 radical (unpaired) electrons. The number of hydrogen-bond donors (Lipinski definition) is 1. The maximum Gasteiger partial charge on any atom is 0.224 e. The molecule has 0 spiro atoms. The lowest BCUT2D eigenvalue weighted by molar-refractivity contribution is -0.130. The zero-order valence-electron chi connectivity index (χ0n) is 18.0. The van der Waals surface area contributed by atoms with Crippen LogP contribution in [0.1, 0.15) is 28.8 Å². The maximum absolute atomic E-state index is 12.7. The van der Waals surface area contributed by atoms with Gasteiger partial charge >= 0.3 is 0 Å². The van der Waals surface area contributed by atoms with E-state index in [4.69, 9.17) is 9.97 Å². The Kier molecular flexibility index (Phi) is 5.81. The fraction of sp³-hybridized carbons (Fsp3) is 0.280. The lowest BCUT2D eigenvalue weighted by Crippen LogP contribution is -2.27. The average Bonchev–Trinajstić information content (AvgIpc) is 3.41. The second kappa shape index (κ2) is 9.04. The van der Waals surface area contributed by atoms with E-state index in [0.717, 1.165) is 40.0 Å². The summed E-state index contributed by atoms with van der Waals surface area (Å²) in [5.74, 6) is 1.60. The summed E-state index contributed by atoms with van der Waals surface area (Å²) in [5.41, 5.74) is 3.39. The summed E-state index contributed by atoms with van der Waals surface area (Å²) in [6, 6.07) is 13.9. The summed E-state index contributed by atoms with van der Waals surface area (Å²) in [5, 5.41) is 4.58. The molecule has 0 atom stereocenters. The average molecular weight is 444 g/mol. The van der Waals surface area contributed by atoms with Crippen LogP contribution in [0.2, 0.25) is 0 Å². The number of rotatable bonds is 7. The van der Waals surface area contributed by atoms with Gasteiger partial charge in [-0.1, -0.05) is 30.3 Å². The topological polar surface area (TPSA) is 71.0 Å². The van der Waals surface area contributed by atoms with Crippen LogP contribution >= 0.6 is 11.3 Å². The van der Waals surface area contributed by atoms with Gasteiger partial charge in [0.15, 0.2) is 5.82 Å². The van der Waals surface area contributed by atoms with E-state index in [-0.39, 0.29) is 5.91 Å². The van der Waals surface area contributed by atoms with E-state index in [1.165, 1.54) is 16.9 Å². The van der Waals surface area contributed by atoms with Gasteiger partial charge in [-0.3, -0.25) is 9.78 Å². The van der Waals surface area contributed by atoms with Gasteiger partial charge in [-0.05, 0) is 42.5 Å². The van der Waals surface area contributed by atoms with E-state index >= 15 is 0 Å². The second-order valence-corrected chi connectivity index (χ2v) is 9.17. The third-order valence-electron chi connectivity index (χ3n) is 5.80. The van der Waals surface area contributed by atoms with Crippen molar-refractivity contribution in [2.75, 3.05) is 18.9 Å². The number of carbonyl (C=O) groups excluding carboxylic acids is 1. The van der Waals surface area contributed by atoms with Gasteiger partial charge < -0.3 is 10.2 Å². The number of benzene rings is 1. The maximum atomic E-state index is 12.7. The first-order valence-corrected chi connectivity index (χ1v) is 11.7. The Labute approximate surface area is 191 Å². The van der Waals surface area contributed by atoms with Gasteiger partial charge in [-0.2, -0.15) is 0 Å². The van der Waals surface area contributed by atoms with Crippen molar-refractivity contribution in [3.63, 3.8) is 0 Å². The summed E-state index contributed by atoms with van der Waals surface area (Å²) in [6.45, 7) is 1.14. The van der Waals surface area contributed by atoms with Crippen molar-refractivity contribution in [3.05, 3.63) is 70.9 Å². The van der Waals surface area contributed by atoms with E-state index in [1.807, 2.05) is 49.5 Å². The highest BCUT2D eigenvalue weighted by Crippen LogP contribution is 2.40. The van der Waals surface area contributed by atoms with Gasteiger partial charge in [0.2, 0.25) is 5.91 Å². The van der Waals surface area contributed by atoms with Gasteiger partial charge in [0.05, 0.1) is 5.39 Å². The predicted octanol–water partition coefficient (Wildman–Crippen LogP) is 4.70. The van der Waals surface area contributed by atoms with Crippen LogP contribution in [0.3, 0.4) is 0 Å². The standard InChI is InChI=1S/C25H25N5OS/c1-30(16-17-7-3-2-4-8-17)21(31)12-14-27-24-22-19-10-5-11-20(19)32-25(22)29-23(28-24)18-9-6-13-26-15-18/h2-4,6-9,13,15H,5,10-12,14,16H2,1H3,(H,27,28,29). The monoisotopic (exact) mass is 443 g/mol. The molecule has 0 saturated heterocycles. The molecule has 3 heterocycles. The fourth-order valence-corrected chi connectivity index (χ4v) is 5.43. The molecular formula is C25H25N5OS. The summed E-state index contributed by atoms with van der Waals surface area (Å²) < 4.78 is 0. The zero-order chi connectivity index (χ0) is 21.9. The quantitative estimate of drug-likeness (QED) is 0.448. The molecule has 1 aromatic carbocycles. The third kappa shape index (κ3) is 4.21. The number of thiophene rings is 1. The highest BCUT2D eigenvalue weighted by atomic mass is 32.1. The van der Waals surface area contributed by atoms with E-state index < -0.39 is 0 Å². The molecule has 3 aromatic heterocycles. The van der Waals surface area contributed by atoms with Gasteiger partial charge in [-0.25, -0.2) is 9.97 Å². The van der Waals surface area contributed by atoms with Crippen LogP contribution in [-0.2, 0) is 24.2 Å². The predicted molar refractivity (Wildman–Crippen MR) is 129 cm³/mol. The Bertz CT molecular complexity index is 1240. The number of pyridine rings is 1. The Morgan fingerprint density at radius 1 is 1.12 bits per heavy atom. The molecule has 0 unspecified atom stereocenters. The Morgan fingerprint density at radius 2 is 2.00 bits per heavy atom. The van der Waals surface area contributed by atoms with Crippen molar-refractivity contribution in [1.29, 1.82) is 0 Å². The van der Waals surface area contributed by atoms with Gasteiger partial charge in [0.1, 0.15) is 10.6 Å². The molecule has 1 amide bonds. The highest BCUT2D eigenvalue weighted by Gasteiger charge is 2.23. The molecule has 0 bridgehead atoms. The van der Waals surface area contributed by atoms with E-state index in [9.17, 15) is 4.79 Å². The fourth-order valence-electron chi connectivity index (χ4n) is 4.17. The number of nitrogens with one attached hydrogen (secondary N) is 1. The lowest BCUT2D eigenvalue weighted by atomic mass is 10.1. The number of carbonyl (C=O) groups is 1. The molecule has 1 aliphatic rings. The van der Waals surface area contributed by atoms with Crippen LogP contribution in [0.5, 0.6) is 0 Å². The van der Waals surface area contributed by atoms with E-state index in [1.54, 1.807) is 28.6 Å². The van der Waals surface area contributed by atoms with Crippen molar-refractivity contribution < 1.29 is 4.79 Å².